The molecule has 1 rings (SSSR count). The molecule has 0 aliphatic heterocycles. The Balaban J connectivity index is 3.42. The highest BCUT2D eigenvalue weighted by molar-refractivity contribution is 5.25. The summed E-state index contributed by atoms with van der Waals surface area (Å²) in [5.41, 5.74) is -3.79. The summed E-state index contributed by atoms with van der Waals surface area (Å²) in [4.78, 5) is 2.23. The summed E-state index contributed by atoms with van der Waals surface area (Å²) in [6, 6.07) is -0.343. The Hall–Kier alpha value is -1.34. The lowest BCUT2D eigenvalue weighted by Crippen LogP contribution is -2.13. The summed E-state index contributed by atoms with van der Waals surface area (Å²) in [7, 11) is 0. The molecular formula is C7H2F7N. The highest BCUT2D eigenvalue weighted by atomic mass is 19.4. The fourth-order valence-corrected chi connectivity index (χ4v) is 0.873. The van der Waals surface area contributed by atoms with Crippen LogP contribution < -0.4 is 0 Å². The molecule has 0 spiro atoms. The van der Waals surface area contributed by atoms with E-state index in [2.05, 4.69) is 4.98 Å². The van der Waals surface area contributed by atoms with Crippen LogP contribution in [0.5, 0.6) is 0 Å². The van der Waals surface area contributed by atoms with Crippen molar-refractivity contribution in [3.05, 3.63) is 29.1 Å². The SMILES string of the molecule is Fc1cc(C(F)(F)F)c(C(F)F)nc1F. The molecule has 1 heterocycles. The third kappa shape index (κ3) is 2.37. The fourth-order valence-electron chi connectivity index (χ4n) is 0.873. The van der Waals surface area contributed by atoms with Crippen LogP contribution in [0.25, 0.3) is 0 Å². The summed E-state index contributed by atoms with van der Waals surface area (Å²) < 4.78 is 84.9. The molecule has 0 aromatic carbocycles. The van der Waals surface area contributed by atoms with Crippen LogP contribution in [0.4, 0.5) is 30.7 Å². The Labute approximate surface area is 78.5 Å². The van der Waals surface area contributed by atoms with Gasteiger partial charge in [0.15, 0.2) is 5.82 Å². The summed E-state index contributed by atoms with van der Waals surface area (Å²) >= 11 is 0. The maximum Gasteiger partial charge on any atom is 0.418 e. The zero-order valence-electron chi connectivity index (χ0n) is 6.75. The van der Waals surface area contributed by atoms with Gasteiger partial charge in [-0.1, -0.05) is 0 Å². The van der Waals surface area contributed by atoms with Crippen LogP contribution in [-0.2, 0) is 6.18 Å². The van der Waals surface area contributed by atoms with Crippen LogP contribution in [0.15, 0.2) is 6.07 Å². The first-order valence-electron chi connectivity index (χ1n) is 3.44. The molecule has 0 amide bonds. The van der Waals surface area contributed by atoms with Crippen molar-refractivity contribution in [3.63, 3.8) is 0 Å². The van der Waals surface area contributed by atoms with Gasteiger partial charge in [0.05, 0.1) is 5.56 Å². The maximum atomic E-state index is 12.4. The van der Waals surface area contributed by atoms with E-state index >= 15 is 0 Å². The summed E-state index contributed by atoms with van der Waals surface area (Å²) in [5.74, 6) is -3.91. The molecule has 0 bridgehead atoms. The van der Waals surface area contributed by atoms with Gasteiger partial charge in [-0.3, -0.25) is 0 Å². The van der Waals surface area contributed by atoms with Crippen LogP contribution in [0.3, 0.4) is 0 Å². The molecule has 84 valence electrons. The van der Waals surface area contributed by atoms with Gasteiger partial charge in [-0.15, -0.1) is 0 Å². The normalized spacial score (nSPS) is 12.3. The molecule has 0 radical (unpaired) electrons. The van der Waals surface area contributed by atoms with Gasteiger partial charge in [-0.05, 0) is 6.07 Å². The predicted octanol–water partition coefficient (Wildman–Crippen LogP) is 3.32. The van der Waals surface area contributed by atoms with E-state index in [0.29, 0.717) is 0 Å². The van der Waals surface area contributed by atoms with E-state index in [4.69, 9.17) is 0 Å². The Bertz CT molecular complexity index is 370. The molecule has 1 aromatic rings. The minimum absolute atomic E-state index is 0.343. The van der Waals surface area contributed by atoms with Gasteiger partial charge in [0, 0.05) is 0 Å². The third-order valence-corrected chi connectivity index (χ3v) is 1.47. The van der Waals surface area contributed by atoms with E-state index in [-0.39, 0.29) is 6.07 Å². The average molecular weight is 233 g/mol. The van der Waals surface area contributed by atoms with Gasteiger partial charge in [0.25, 0.3) is 6.43 Å². The van der Waals surface area contributed by atoms with Crippen LogP contribution in [-0.4, -0.2) is 4.98 Å². The van der Waals surface area contributed by atoms with Gasteiger partial charge in [-0.25, -0.2) is 18.2 Å². The molecule has 0 aliphatic rings. The molecule has 0 saturated heterocycles. The van der Waals surface area contributed by atoms with Crippen molar-refractivity contribution in [1.82, 2.24) is 4.98 Å². The topological polar surface area (TPSA) is 12.9 Å². The fraction of sp³-hybridized carbons (Fsp3) is 0.286. The molecule has 0 N–H and O–H groups in total. The van der Waals surface area contributed by atoms with Crippen LogP contribution in [0, 0.1) is 11.8 Å². The maximum absolute atomic E-state index is 12.4. The average Bonchev–Trinajstić information content (AvgIpc) is 2.06. The highest BCUT2D eigenvalue weighted by Crippen LogP contribution is 2.35. The second-order valence-electron chi connectivity index (χ2n) is 2.49. The molecule has 1 aromatic heterocycles. The van der Waals surface area contributed by atoms with Gasteiger partial charge in [0.1, 0.15) is 5.69 Å². The number of hydrogen-bond donors (Lipinski definition) is 0. The van der Waals surface area contributed by atoms with E-state index in [1.807, 2.05) is 0 Å². The number of halogens is 7. The van der Waals surface area contributed by atoms with E-state index in [1.54, 1.807) is 0 Å². The second kappa shape index (κ2) is 3.67. The molecule has 0 atom stereocenters. The molecule has 8 heteroatoms. The Morgan fingerprint density at radius 3 is 2.07 bits per heavy atom. The number of hydrogen-bond acceptors (Lipinski definition) is 1. The van der Waals surface area contributed by atoms with Crippen LogP contribution in [0.2, 0.25) is 0 Å². The molecular weight excluding hydrogens is 231 g/mol. The van der Waals surface area contributed by atoms with Crippen molar-refractivity contribution in [2.45, 2.75) is 12.6 Å². The van der Waals surface area contributed by atoms with Gasteiger partial charge >= 0.3 is 6.18 Å². The minimum atomic E-state index is -5.20. The largest absolute Gasteiger partial charge is 0.418 e. The zero-order chi connectivity index (χ0) is 11.8. The lowest BCUT2D eigenvalue weighted by molar-refractivity contribution is -0.140. The third-order valence-electron chi connectivity index (χ3n) is 1.47. The lowest BCUT2D eigenvalue weighted by Gasteiger charge is -2.11. The summed E-state index contributed by atoms with van der Waals surface area (Å²) in [6.45, 7) is 0. The standard InChI is InChI=1S/C7H2F7N/c8-3-1-2(7(12,13)14)4(5(9)10)15-6(3)11/h1,5H. The number of rotatable bonds is 1. The van der Waals surface area contributed by atoms with Crippen molar-refractivity contribution >= 4 is 0 Å². The summed E-state index contributed by atoms with van der Waals surface area (Å²) in [5, 5.41) is 0. The van der Waals surface area contributed by atoms with Gasteiger partial charge in [0.2, 0.25) is 5.95 Å². The Morgan fingerprint density at radius 1 is 1.13 bits per heavy atom. The quantitative estimate of drug-likeness (QED) is 0.535. The van der Waals surface area contributed by atoms with Gasteiger partial charge in [-0.2, -0.15) is 17.6 Å². The molecule has 0 aliphatic carbocycles. The zero-order valence-corrected chi connectivity index (χ0v) is 6.75. The highest BCUT2D eigenvalue weighted by Gasteiger charge is 2.38. The van der Waals surface area contributed by atoms with E-state index < -0.39 is 35.6 Å². The van der Waals surface area contributed by atoms with Crippen LogP contribution in [0.1, 0.15) is 17.7 Å². The predicted molar refractivity (Wildman–Crippen MR) is 34.1 cm³/mol. The van der Waals surface area contributed by atoms with Crippen molar-refractivity contribution in [2.75, 3.05) is 0 Å². The van der Waals surface area contributed by atoms with E-state index in [0.717, 1.165) is 0 Å². The molecule has 0 unspecified atom stereocenters. The summed E-state index contributed by atoms with van der Waals surface area (Å²) in [6.07, 6.45) is -8.83. The molecule has 0 saturated carbocycles. The van der Waals surface area contributed by atoms with Crippen molar-refractivity contribution in [2.24, 2.45) is 0 Å². The van der Waals surface area contributed by atoms with Crippen molar-refractivity contribution in [3.8, 4) is 0 Å². The number of nitrogens with zero attached hydrogens (tertiary/aromatic N) is 1. The Morgan fingerprint density at radius 2 is 1.67 bits per heavy atom. The monoisotopic (exact) mass is 233 g/mol. The number of aromatic nitrogens is 1. The molecule has 1 nitrogen and oxygen atoms in total. The first-order valence-corrected chi connectivity index (χ1v) is 3.44. The smallest absolute Gasteiger partial charge is 0.216 e. The van der Waals surface area contributed by atoms with Crippen molar-refractivity contribution in [1.29, 1.82) is 0 Å². The van der Waals surface area contributed by atoms with Gasteiger partial charge < -0.3 is 0 Å². The number of pyridine rings is 1. The minimum Gasteiger partial charge on any atom is -0.216 e. The second-order valence-corrected chi connectivity index (χ2v) is 2.49. The van der Waals surface area contributed by atoms with Crippen molar-refractivity contribution < 1.29 is 30.7 Å². The number of alkyl halides is 5. The molecule has 0 fully saturated rings. The van der Waals surface area contributed by atoms with E-state index in [9.17, 15) is 30.7 Å². The van der Waals surface area contributed by atoms with E-state index in [1.165, 1.54) is 0 Å². The molecule has 15 heavy (non-hydrogen) atoms. The first kappa shape index (κ1) is 11.7. The van der Waals surface area contributed by atoms with Crippen LogP contribution >= 0.6 is 0 Å². The Kier molecular flexibility index (Phi) is 2.87. The first-order chi connectivity index (χ1) is 6.73. The lowest BCUT2D eigenvalue weighted by atomic mass is 10.2.